The summed E-state index contributed by atoms with van der Waals surface area (Å²) in [5.74, 6) is 0.784. The number of fused-ring (bicyclic) bond motifs is 1. The summed E-state index contributed by atoms with van der Waals surface area (Å²) in [4.78, 5) is 17.8. The molecule has 9 heteroatoms. The summed E-state index contributed by atoms with van der Waals surface area (Å²) in [6, 6.07) is 4.91. The Hall–Kier alpha value is -2.68. The van der Waals surface area contributed by atoms with Crippen LogP contribution in [0, 0.1) is 6.92 Å². The molecular weight excluding hydrogens is 395 g/mol. The average Bonchev–Trinajstić information content (AvgIpc) is 3.11. The van der Waals surface area contributed by atoms with Crippen LogP contribution in [0.5, 0.6) is 5.88 Å². The molecule has 0 saturated carbocycles. The zero-order valence-electron chi connectivity index (χ0n) is 17.1. The number of piperidine rings is 1. The van der Waals surface area contributed by atoms with Gasteiger partial charge in [0.15, 0.2) is 5.65 Å². The monoisotopic (exact) mass is 419 g/mol. The van der Waals surface area contributed by atoms with Gasteiger partial charge in [0.05, 0.1) is 12.6 Å². The maximum absolute atomic E-state index is 13.3. The highest BCUT2D eigenvalue weighted by Gasteiger charge is 2.35. The molecule has 0 aliphatic carbocycles. The Balaban J connectivity index is 1.58. The van der Waals surface area contributed by atoms with Gasteiger partial charge in [0.25, 0.3) is 0 Å². The third-order valence-corrected chi connectivity index (χ3v) is 5.76. The Bertz CT molecular complexity index is 1050. The number of halogens is 3. The summed E-state index contributed by atoms with van der Waals surface area (Å²) < 4.78 is 44.8. The predicted octanol–water partition coefficient (Wildman–Crippen LogP) is 4.63. The molecule has 0 bridgehead atoms. The second-order valence-corrected chi connectivity index (χ2v) is 7.80. The first-order valence-corrected chi connectivity index (χ1v) is 9.94. The van der Waals surface area contributed by atoms with E-state index in [0.717, 1.165) is 42.4 Å². The minimum absolute atomic E-state index is 0.00531. The van der Waals surface area contributed by atoms with Crippen molar-refractivity contribution in [2.24, 2.45) is 0 Å². The van der Waals surface area contributed by atoms with E-state index in [1.807, 2.05) is 19.2 Å². The third-order valence-electron chi connectivity index (χ3n) is 5.76. The fraction of sp³-hybridized carbons (Fsp3) is 0.476. The van der Waals surface area contributed by atoms with Gasteiger partial charge in [-0.05, 0) is 62.4 Å². The Labute approximate surface area is 172 Å². The number of imidazole rings is 1. The van der Waals surface area contributed by atoms with E-state index in [4.69, 9.17) is 4.74 Å². The van der Waals surface area contributed by atoms with Gasteiger partial charge >= 0.3 is 6.18 Å². The van der Waals surface area contributed by atoms with Crippen molar-refractivity contribution in [1.29, 1.82) is 0 Å². The van der Waals surface area contributed by atoms with Crippen molar-refractivity contribution < 1.29 is 17.9 Å². The van der Waals surface area contributed by atoms with E-state index in [0.29, 0.717) is 17.8 Å². The van der Waals surface area contributed by atoms with Gasteiger partial charge in [-0.25, -0.2) is 15.0 Å². The summed E-state index contributed by atoms with van der Waals surface area (Å²) in [6.07, 6.45) is -0.952. The zero-order chi connectivity index (χ0) is 21.5. The largest absolute Gasteiger partial charge is 0.481 e. The molecule has 160 valence electrons. The molecule has 1 saturated heterocycles. The van der Waals surface area contributed by atoms with E-state index in [9.17, 15) is 13.2 Å². The number of aryl methyl sites for hydroxylation is 1. The molecule has 6 nitrogen and oxygen atoms in total. The first kappa shape index (κ1) is 20.6. The lowest BCUT2D eigenvalue weighted by Crippen LogP contribution is -2.36. The number of ether oxygens (including phenoxy) is 1. The van der Waals surface area contributed by atoms with Crippen molar-refractivity contribution in [3.05, 3.63) is 47.0 Å². The van der Waals surface area contributed by atoms with Crippen LogP contribution >= 0.6 is 0 Å². The van der Waals surface area contributed by atoms with Crippen molar-refractivity contribution in [2.75, 3.05) is 20.2 Å². The number of methoxy groups -OCH3 is 1. The number of nitrogens with one attached hydrogen (secondary N) is 1. The van der Waals surface area contributed by atoms with Gasteiger partial charge in [0, 0.05) is 24.8 Å². The highest BCUT2D eigenvalue weighted by Crippen LogP contribution is 2.36. The Morgan fingerprint density at radius 3 is 2.77 bits per heavy atom. The minimum atomic E-state index is -4.51. The van der Waals surface area contributed by atoms with Crippen molar-refractivity contribution in [1.82, 2.24) is 24.8 Å². The van der Waals surface area contributed by atoms with Crippen LogP contribution < -0.4 is 4.74 Å². The molecule has 4 heterocycles. The van der Waals surface area contributed by atoms with Gasteiger partial charge in [-0.15, -0.1) is 0 Å². The number of hydrogen-bond donors (Lipinski definition) is 1. The number of nitrogens with zero attached hydrogens (tertiary/aromatic N) is 4. The molecule has 1 aliphatic heterocycles. The summed E-state index contributed by atoms with van der Waals surface area (Å²) in [7, 11) is 1.34. The van der Waals surface area contributed by atoms with Crippen molar-refractivity contribution in [3.8, 4) is 5.88 Å². The van der Waals surface area contributed by atoms with Gasteiger partial charge in [-0.1, -0.05) is 0 Å². The molecule has 0 spiro atoms. The first-order valence-electron chi connectivity index (χ1n) is 9.94. The van der Waals surface area contributed by atoms with Crippen LogP contribution in [0.1, 0.15) is 54.4 Å². The summed E-state index contributed by atoms with van der Waals surface area (Å²) in [5.41, 5.74) is 2.33. The van der Waals surface area contributed by atoms with Gasteiger partial charge in [0.2, 0.25) is 5.88 Å². The average molecular weight is 419 g/mol. The third kappa shape index (κ3) is 4.12. The van der Waals surface area contributed by atoms with Crippen LogP contribution in [0.25, 0.3) is 11.2 Å². The van der Waals surface area contributed by atoms with Gasteiger partial charge in [-0.2, -0.15) is 13.2 Å². The van der Waals surface area contributed by atoms with Crippen molar-refractivity contribution >= 4 is 11.2 Å². The lowest BCUT2D eigenvalue weighted by molar-refractivity contribution is -0.141. The quantitative estimate of drug-likeness (QED) is 0.668. The Morgan fingerprint density at radius 1 is 1.23 bits per heavy atom. The second kappa shape index (κ2) is 7.86. The highest BCUT2D eigenvalue weighted by molar-refractivity contribution is 5.71. The smallest absolute Gasteiger partial charge is 0.433 e. The second-order valence-electron chi connectivity index (χ2n) is 7.80. The SMILES string of the molecule is COc1cc([C@H]2CCCN([C@H](C)c3cnc4nc(C)[nH]c4c3)C2)cc(C(F)(F)F)n1. The standard InChI is InChI=1S/C21H24F3N5O/c1-12(16-7-17-20(25-10-16)27-13(2)26-17)29-6-4-5-14(11-29)15-8-18(21(22,23)24)28-19(9-15)30-3/h7-10,12,14H,4-6,11H2,1-3H3,(H,25,26,27)/t12-,14+/m1/s1. The molecule has 3 aromatic heterocycles. The number of aromatic nitrogens is 4. The number of likely N-dealkylation sites (tertiary alicyclic amines) is 1. The molecule has 2 atom stereocenters. The number of alkyl halides is 3. The van der Waals surface area contributed by atoms with Crippen LogP contribution in [0.15, 0.2) is 24.4 Å². The lowest BCUT2D eigenvalue weighted by Gasteiger charge is -2.37. The molecule has 1 N–H and O–H groups in total. The van der Waals surface area contributed by atoms with E-state index in [1.165, 1.54) is 7.11 Å². The normalized spacial score (nSPS) is 19.2. The number of hydrogen-bond acceptors (Lipinski definition) is 5. The molecule has 4 rings (SSSR count). The molecule has 0 unspecified atom stereocenters. The topological polar surface area (TPSA) is 66.9 Å². The molecule has 0 aromatic carbocycles. The summed E-state index contributed by atoms with van der Waals surface area (Å²) >= 11 is 0. The van der Waals surface area contributed by atoms with Crippen LogP contribution in [0.4, 0.5) is 13.2 Å². The number of rotatable bonds is 4. The first-order chi connectivity index (χ1) is 14.2. The Morgan fingerprint density at radius 2 is 2.03 bits per heavy atom. The van der Waals surface area contributed by atoms with E-state index >= 15 is 0 Å². The van der Waals surface area contributed by atoms with E-state index in [1.54, 1.807) is 6.07 Å². The zero-order valence-corrected chi connectivity index (χ0v) is 17.1. The minimum Gasteiger partial charge on any atom is -0.481 e. The van der Waals surface area contributed by atoms with Crippen molar-refractivity contribution in [2.45, 2.75) is 44.8 Å². The fourth-order valence-corrected chi connectivity index (χ4v) is 4.12. The predicted molar refractivity (Wildman–Crippen MR) is 106 cm³/mol. The summed E-state index contributed by atoms with van der Waals surface area (Å²) in [5, 5.41) is 0. The maximum atomic E-state index is 13.3. The van der Waals surface area contributed by atoms with Crippen LogP contribution in [-0.2, 0) is 6.18 Å². The molecule has 30 heavy (non-hydrogen) atoms. The van der Waals surface area contributed by atoms with Gasteiger partial charge in [0.1, 0.15) is 11.5 Å². The molecule has 0 radical (unpaired) electrons. The number of H-pyrrole nitrogens is 1. The van der Waals surface area contributed by atoms with E-state index < -0.39 is 11.9 Å². The number of aromatic amines is 1. The Kier molecular flexibility index (Phi) is 5.40. The van der Waals surface area contributed by atoms with Gasteiger partial charge < -0.3 is 9.72 Å². The van der Waals surface area contributed by atoms with Crippen LogP contribution in [0.3, 0.4) is 0 Å². The number of pyridine rings is 2. The fourth-order valence-electron chi connectivity index (χ4n) is 4.12. The highest BCUT2D eigenvalue weighted by atomic mass is 19.4. The van der Waals surface area contributed by atoms with Crippen LogP contribution in [-0.4, -0.2) is 45.0 Å². The molecular formula is C21H24F3N5O. The molecule has 1 aliphatic rings. The van der Waals surface area contributed by atoms with E-state index in [-0.39, 0.29) is 17.8 Å². The van der Waals surface area contributed by atoms with Gasteiger partial charge in [-0.3, -0.25) is 4.90 Å². The van der Waals surface area contributed by atoms with E-state index in [2.05, 4.69) is 31.8 Å². The molecule has 1 fully saturated rings. The lowest BCUT2D eigenvalue weighted by atomic mass is 9.89. The molecule has 0 amide bonds. The maximum Gasteiger partial charge on any atom is 0.433 e. The molecule has 3 aromatic rings. The van der Waals surface area contributed by atoms with Crippen LogP contribution in [0.2, 0.25) is 0 Å². The van der Waals surface area contributed by atoms with Crippen molar-refractivity contribution in [3.63, 3.8) is 0 Å². The summed E-state index contributed by atoms with van der Waals surface area (Å²) in [6.45, 7) is 5.53.